The maximum absolute atomic E-state index is 13.7. The molecule has 0 aliphatic rings. The number of rotatable bonds is 5. The second-order valence-electron chi connectivity index (χ2n) is 8.04. The summed E-state index contributed by atoms with van der Waals surface area (Å²) in [7, 11) is 0. The van der Waals surface area contributed by atoms with Gasteiger partial charge >= 0.3 is 0 Å². The van der Waals surface area contributed by atoms with Crippen molar-refractivity contribution in [1.82, 2.24) is 24.7 Å². The average Bonchev–Trinajstić information content (AvgIpc) is 3.31. The first-order valence-electron chi connectivity index (χ1n) is 10.9. The molecule has 3 heterocycles. The molecule has 3 N–H and O–H groups in total. The Morgan fingerprint density at radius 2 is 1.91 bits per heavy atom. The lowest BCUT2D eigenvalue weighted by atomic mass is 10.0. The minimum absolute atomic E-state index is 0.128. The molecule has 0 aliphatic carbocycles. The molecule has 0 saturated heterocycles. The lowest BCUT2D eigenvalue weighted by molar-refractivity contribution is 0.0950. The second kappa shape index (κ2) is 8.83. The van der Waals surface area contributed by atoms with Crippen LogP contribution in [0.1, 0.15) is 22.5 Å². The largest absolute Gasteiger partial charge is 0.381 e. The van der Waals surface area contributed by atoms with Crippen LogP contribution in [0.5, 0.6) is 0 Å². The highest BCUT2D eigenvalue weighted by atomic mass is 19.1. The molecule has 0 unspecified atom stereocenters. The number of pyridine rings is 1. The van der Waals surface area contributed by atoms with E-state index in [0.29, 0.717) is 22.6 Å². The van der Waals surface area contributed by atoms with Crippen molar-refractivity contribution >= 4 is 28.3 Å². The van der Waals surface area contributed by atoms with Crippen LogP contribution in [0.3, 0.4) is 0 Å². The number of nitrogens with one attached hydrogen (secondary N) is 1. The van der Waals surface area contributed by atoms with Crippen molar-refractivity contribution in [2.75, 3.05) is 12.3 Å². The van der Waals surface area contributed by atoms with E-state index in [-0.39, 0.29) is 30.3 Å². The number of nitriles is 1. The van der Waals surface area contributed by atoms with Crippen molar-refractivity contribution in [1.29, 1.82) is 5.26 Å². The summed E-state index contributed by atoms with van der Waals surface area (Å²) in [4.78, 5) is 26.1. The maximum atomic E-state index is 13.7. The van der Waals surface area contributed by atoms with Gasteiger partial charge in [0.2, 0.25) is 0 Å². The standard InChI is InChI=1S/C26H20FN7O/c1-15-9-12-30-20-8-5-17(13-19(15)20)23-22(16-3-6-18(27)7-4-16)33-24(29)25-32-21(14-34(23)25)26(35)31-11-2-10-28/h3-9,12-14H,2,11H2,1H3,(H2,29,33)(H,31,35). The van der Waals surface area contributed by atoms with E-state index in [0.717, 1.165) is 22.0 Å². The number of anilines is 1. The Balaban J connectivity index is 1.77. The first-order chi connectivity index (χ1) is 17.0. The molecule has 0 atom stereocenters. The van der Waals surface area contributed by atoms with Gasteiger partial charge < -0.3 is 11.1 Å². The SMILES string of the molecule is Cc1ccnc2ccc(-c3c(-c4ccc(F)cc4)nc(N)c4nc(C(=O)NCCC#N)cn34)cc12. The number of carbonyl (C=O) groups excluding carboxylic acids is 1. The summed E-state index contributed by atoms with van der Waals surface area (Å²) in [6.07, 6.45) is 3.54. The van der Waals surface area contributed by atoms with Gasteiger partial charge in [0.1, 0.15) is 11.5 Å². The monoisotopic (exact) mass is 465 g/mol. The van der Waals surface area contributed by atoms with Crippen molar-refractivity contribution < 1.29 is 9.18 Å². The smallest absolute Gasteiger partial charge is 0.271 e. The fraction of sp³-hybridized carbons (Fsp3) is 0.115. The number of hydrogen-bond donors (Lipinski definition) is 2. The Hall–Kier alpha value is -4.84. The number of nitrogens with two attached hydrogens (primary N) is 1. The quantitative estimate of drug-likeness (QED) is 0.374. The number of imidazole rings is 1. The fourth-order valence-corrected chi connectivity index (χ4v) is 4.02. The summed E-state index contributed by atoms with van der Waals surface area (Å²) in [5.41, 5.74) is 11.3. The lowest BCUT2D eigenvalue weighted by Gasteiger charge is -2.14. The van der Waals surface area contributed by atoms with Crippen molar-refractivity contribution in [3.8, 4) is 28.6 Å². The van der Waals surface area contributed by atoms with Gasteiger partial charge in [-0.25, -0.2) is 14.4 Å². The van der Waals surface area contributed by atoms with E-state index in [1.54, 1.807) is 28.9 Å². The summed E-state index contributed by atoms with van der Waals surface area (Å²) in [5.74, 6) is -0.658. The number of carbonyl (C=O) groups is 1. The molecule has 5 aromatic rings. The van der Waals surface area contributed by atoms with Crippen LogP contribution in [-0.4, -0.2) is 31.8 Å². The van der Waals surface area contributed by atoms with Crippen molar-refractivity contribution in [3.63, 3.8) is 0 Å². The molecule has 9 heteroatoms. The molecule has 2 aromatic carbocycles. The molecule has 5 rings (SSSR count). The van der Waals surface area contributed by atoms with Gasteiger partial charge in [0, 0.05) is 35.5 Å². The first kappa shape index (κ1) is 22.0. The molecule has 3 aromatic heterocycles. The number of aromatic nitrogens is 4. The molecule has 0 spiro atoms. The van der Waals surface area contributed by atoms with E-state index in [1.165, 1.54) is 12.1 Å². The minimum Gasteiger partial charge on any atom is -0.381 e. The lowest BCUT2D eigenvalue weighted by Crippen LogP contribution is -2.24. The van der Waals surface area contributed by atoms with E-state index in [1.807, 2.05) is 37.3 Å². The van der Waals surface area contributed by atoms with Crippen LogP contribution < -0.4 is 11.1 Å². The number of benzene rings is 2. The van der Waals surface area contributed by atoms with Crippen LogP contribution in [0.15, 0.2) is 60.9 Å². The van der Waals surface area contributed by atoms with Gasteiger partial charge in [-0.1, -0.05) is 6.07 Å². The molecular formula is C26H20FN7O. The number of hydrogen-bond acceptors (Lipinski definition) is 6. The summed E-state index contributed by atoms with van der Waals surface area (Å²) < 4.78 is 15.4. The van der Waals surface area contributed by atoms with Crippen molar-refractivity contribution in [3.05, 3.63) is 78.0 Å². The summed E-state index contributed by atoms with van der Waals surface area (Å²) in [6.45, 7) is 2.22. The number of halogens is 1. The molecule has 1 amide bonds. The molecule has 172 valence electrons. The van der Waals surface area contributed by atoms with Crippen LogP contribution in [0.2, 0.25) is 0 Å². The number of nitrogens with zero attached hydrogens (tertiary/aromatic N) is 5. The molecule has 0 radical (unpaired) electrons. The Kier molecular flexibility index (Phi) is 5.55. The molecule has 0 saturated carbocycles. The molecule has 0 bridgehead atoms. The van der Waals surface area contributed by atoms with Crippen LogP contribution in [0, 0.1) is 24.1 Å². The zero-order valence-corrected chi connectivity index (χ0v) is 18.8. The van der Waals surface area contributed by atoms with Crippen molar-refractivity contribution in [2.24, 2.45) is 0 Å². The number of aryl methyl sites for hydroxylation is 1. The Labute approximate surface area is 199 Å². The number of amides is 1. The van der Waals surface area contributed by atoms with Gasteiger partial charge in [-0.15, -0.1) is 0 Å². The minimum atomic E-state index is -0.420. The van der Waals surface area contributed by atoms with E-state index in [9.17, 15) is 9.18 Å². The highest BCUT2D eigenvalue weighted by molar-refractivity contribution is 5.95. The third-order valence-corrected chi connectivity index (χ3v) is 5.74. The zero-order valence-electron chi connectivity index (χ0n) is 18.8. The van der Waals surface area contributed by atoms with Gasteiger partial charge in [0.15, 0.2) is 11.5 Å². The highest BCUT2D eigenvalue weighted by Gasteiger charge is 2.21. The highest BCUT2D eigenvalue weighted by Crippen LogP contribution is 2.35. The van der Waals surface area contributed by atoms with Gasteiger partial charge in [-0.2, -0.15) is 5.26 Å². The molecule has 0 aliphatic heterocycles. The molecule has 35 heavy (non-hydrogen) atoms. The van der Waals surface area contributed by atoms with Gasteiger partial charge in [-0.05, 0) is 55.0 Å². The normalized spacial score (nSPS) is 11.0. The van der Waals surface area contributed by atoms with Crippen LogP contribution in [0.25, 0.3) is 39.1 Å². The Bertz CT molecular complexity index is 1630. The van der Waals surface area contributed by atoms with E-state index in [4.69, 9.17) is 11.0 Å². The van der Waals surface area contributed by atoms with Gasteiger partial charge in [0.25, 0.3) is 5.91 Å². The fourth-order valence-electron chi connectivity index (χ4n) is 4.02. The maximum Gasteiger partial charge on any atom is 0.271 e. The zero-order chi connectivity index (χ0) is 24.5. The number of fused-ring (bicyclic) bond motifs is 2. The molecule has 0 fully saturated rings. The van der Waals surface area contributed by atoms with Crippen molar-refractivity contribution in [2.45, 2.75) is 13.3 Å². The van der Waals surface area contributed by atoms with Gasteiger partial charge in [0.05, 0.1) is 29.4 Å². The molecular weight excluding hydrogens is 445 g/mol. The second-order valence-corrected chi connectivity index (χ2v) is 8.04. The topological polar surface area (TPSA) is 122 Å². The Morgan fingerprint density at radius 1 is 1.14 bits per heavy atom. The predicted molar refractivity (Wildman–Crippen MR) is 131 cm³/mol. The van der Waals surface area contributed by atoms with Crippen LogP contribution in [0.4, 0.5) is 10.2 Å². The third kappa shape index (κ3) is 4.02. The molecule has 8 nitrogen and oxygen atoms in total. The summed E-state index contributed by atoms with van der Waals surface area (Å²) in [6, 6.07) is 15.7. The van der Waals surface area contributed by atoms with Crippen LogP contribution >= 0.6 is 0 Å². The third-order valence-electron chi connectivity index (χ3n) is 5.74. The van der Waals surface area contributed by atoms with E-state index < -0.39 is 5.91 Å². The first-order valence-corrected chi connectivity index (χ1v) is 10.9. The summed E-state index contributed by atoms with van der Waals surface area (Å²) >= 11 is 0. The number of nitrogen functional groups attached to an aromatic ring is 1. The predicted octanol–water partition coefficient (Wildman–Crippen LogP) is 4.28. The van der Waals surface area contributed by atoms with E-state index >= 15 is 0 Å². The van der Waals surface area contributed by atoms with E-state index in [2.05, 4.69) is 20.3 Å². The van der Waals surface area contributed by atoms with Gasteiger partial charge in [-0.3, -0.25) is 14.2 Å². The average molecular weight is 465 g/mol. The summed E-state index contributed by atoms with van der Waals surface area (Å²) in [5, 5.41) is 12.4. The van der Waals surface area contributed by atoms with Crippen LogP contribution in [-0.2, 0) is 0 Å². The Morgan fingerprint density at radius 3 is 2.69 bits per heavy atom.